The summed E-state index contributed by atoms with van der Waals surface area (Å²) in [7, 11) is 1.74. The average Bonchev–Trinajstić information content (AvgIpc) is 2.51. The zero-order valence-corrected chi connectivity index (χ0v) is 10.1. The van der Waals surface area contributed by atoms with Crippen LogP contribution in [0.25, 0.3) is 0 Å². The van der Waals surface area contributed by atoms with Crippen LogP contribution in [-0.4, -0.2) is 18.4 Å². The predicted octanol–water partition coefficient (Wildman–Crippen LogP) is 1.94. The molecule has 3 nitrogen and oxygen atoms in total. The molecule has 0 unspecified atom stereocenters. The topological polar surface area (TPSA) is 36.4 Å². The Morgan fingerprint density at radius 3 is 3.00 bits per heavy atom. The van der Waals surface area contributed by atoms with E-state index in [1.54, 1.807) is 24.6 Å². The smallest absolute Gasteiger partial charge is 0.186 e. The van der Waals surface area contributed by atoms with E-state index in [1.807, 2.05) is 12.1 Å². The van der Waals surface area contributed by atoms with Crippen LogP contribution in [0.4, 0.5) is 0 Å². The van der Waals surface area contributed by atoms with Crippen LogP contribution in [0.5, 0.6) is 0 Å². The zero-order valence-electron chi connectivity index (χ0n) is 6.87. The first-order valence-corrected chi connectivity index (χ1v) is 5.50. The van der Waals surface area contributed by atoms with Crippen LogP contribution in [0.2, 0.25) is 0 Å². The van der Waals surface area contributed by atoms with Crippen molar-refractivity contribution in [2.75, 3.05) is 7.05 Å². The predicted molar refractivity (Wildman–Crippen MR) is 64.4 cm³/mol. The van der Waals surface area contributed by atoms with Crippen molar-refractivity contribution < 1.29 is 0 Å². The molecule has 0 atom stereocenters. The monoisotopic (exact) mass is 277 g/mol. The Morgan fingerprint density at radius 2 is 2.46 bits per heavy atom. The summed E-state index contributed by atoms with van der Waals surface area (Å²) in [5.74, 6) is 0. The van der Waals surface area contributed by atoms with Crippen molar-refractivity contribution in [3.8, 4) is 0 Å². The first-order valence-electron chi connectivity index (χ1n) is 3.48. The van der Waals surface area contributed by atoms with Gasteiger partial charge in [-0.1, -0.05) is 0 Å². The second-order valence-corrected chi connectivity index (χ2v) is 4.99. The lowest BCUT2D eigenvalue weighted by Gasteiger charge is -1.98. The van der Waals surface area contributed by atoms with E-state index in [2.05, 4.69) is 31.8 Å². The number of nitrogens with one attached hydrogen (secondary N) is 2. The molecule has 0 saturated heterocycles. The second-order valence-electron chi connectivity index (χ2n) is 2.09. The van der Waals surface area contributed by atoms with E-state index in [9.17, 15) is 0 Å². The van der Waals surface area contributed by atoms with Crippen LogP contribution in [0.15, 0.2) is 21.0 Å². The number of hydrogen-bond acceptors (Lipinski definition) is 3. The summed E-state index contributed by atoms with van der Waals surface area (Å²) in [6.45, 7) is 0. The van der Waals surface area contributed by atoms with Gasteiger partial charge in [-0.05, 0) is 40.3 Å². The van der Waals surface area contributed by atoms with E-state index >= 15 is 0 Å². The molecule has 0 amide bonds. The summed E-state index contributed by atoms with van der Waals surface area (Å²) in [4.78, 5) is 1.07. The fraction of sp³-hybridized carbons (Fsp3) is 0.143. The maximum Gasteiger partial charge on any atom is 0.186 e. The molecule has 2 N–H and O–H groups in total. The average molecular weight is 278 g/mol. The van der Waals surface area contributed by atoms with E-state index in [0.29, 0.717) is 5.11 Å². The molecular formula is C7H8BrN3S2. The van der Waals surface area contributed by atoms with Crippen molar-refractivity contribution in [2.24, 2.45) is 5.10 Å². The van der Waals surface area contributed by atoms with Gasteiger partial charge in [0, 0.05) is 11.9 Å². The quantitative estimate of drug-likeness (QED) is 0.493. The van der Waals surface area contributed by atoms with Gasteiger partial charge < -0.3 is 5.32 Å². The number of nitrogens with zero attached hydrogens (tertiary/aromatic N) is 1. The van der Waals surface area contributed by atoms with E-state index in [0.717, 1.165) is 8.66 Å². The Hall–Kier alpha value is -0.460. The molecule has 1 heterocycles. The van der Waals surface area contributed by atoms with Crippen LogP contribution in [0.1, 0.15) is 4.88 Å². The molecule has 70 valence electrons. The number of thiocarbonyl (C=S) groups is 1. The maximum atomic E-state index is 4.83. The molecule has 13 heavy (non-hydrogen) atoms. The third-order valence-corrected chi connectivity index (χ3v) is 3.03. The van der Waals surface area contributed by atoms with Crippen molar-refractivity contribution in [1.82, 2.24) is 10.7 Å². The van der Waals surface area contributed by atoms with Crippen LogP contribution >= 0.6 is 39.5 Å². The van der Waals surface area contributed by atoms with Crippen molar-refractivity contribution in [2.45, 2.75) is 0 Å². The van der Waals surface area contributed by atoms with Crippen LogP contribution < -0.4 is 10.7 Å². The molecule has 1 rings (SSSR count). The van der Waals surface area contributed by atoms with Gasteiger partial charge >= 0.3 is 0 Å². The summed E-state index contributed by atoms with van der Waals surface area (Å²) in [6, 6.07) is 3.95. The fourth-order valence-corrected chi connectivity index (χ4v) is 1.96. The molecule has 0 radical (unpaired) electrons. The molecule has 6 heteroatoms. The van der Waals surface area contributed by atoms with Crippen LogP contribution in [-0.2, 0) is 0 Å². The molecule has 0 aliphatic carbocycles. The second kappa shape index (κ2) is 5.31. The summed E-state index contributed by atoms with van der Waals surface area (Å²) < 4.78 is 1.09. The van der Waals surface area contributed by atoms with Gasteiger partial charge in [-0.2, -0.15) is 5.10 Å². The third kappa shape index (κ3) is 3.84. The van der Waals surface area contributed by atoms with Crippen LogP contribution in [0, 0.1) is 0 Å². The van der Waals surface area contributed by atoms with E-state index in [4.69, 9.17) is 12.2 Å². The minimum absolute atomic E-state index is 0.506. The number of thiophene rings is 1. The van der Waals surface area contributed by atoms with E-state index < -0.39 is 0 Å². The van der Waals surface area contributed by atoms with Gasteiger partial charge in [-0.15, -0.1) is 11.3 Å². The maximum absolute atomic E-state index is 4.83. The standard InChI is InChI=1S/C7H8BrN3S2/c1-9-7(12)11-10-4-5-2-3-6(8)13-5/h2-4H,1H3,(H2,9,11,12)/b10-4-. The summed E-state index contributed by atoms with van der Waals surface area (Å²) in [5, 5.41) is 7.20. The van der Waals surface area contributed by atoms with Crippen molar-refractivity contribution in [1.29, 1.82) is 0 Å². The Balaban J connectivity index is 2.45. The fourth-order valence-electron chi connectivity index (χ4n) is 0.608. The van der Waals surface area contributed by atoms with Crippen molar-refractivity contribution in [3.05, 3.63) is 20.8 Å². The molecular weight excluding hydrogens is 270 g/mol. The molecule has 0 aliphatic rings. The number of rotatable bonds is 2. The SMILES string of the molecule is CNC(=S)N/N=C\c1ccc(Br)s1. The first kappa shape index (κ1) is 10.6. The molecule has 1 aromatic heterocycles. The van der Waals surface area contributed by atoms with E-state index in [1.165, 1.54) is 0 Å². The number of hydrazone groups is 1. The lowest BCUT2D eigenvalue weighted by molar-refractivity contribution is 0.982. The van der Waals surface area contributed by atoms with Gasteiger partial charge in [-0.3, -0.25) is 5.43 Å². The third-order valence-electron chi connectivity index (χ3n) is 1.18. The highest BCUT2D eigenvalue weighted by Crippen LogP contribution is 2.20. The molecule has 0 spiro atoms. The highest BCUT2D eigenvalue weighted by molar-refractivity contribution is 9.11. The highest BCUT2D eigenvalue weighted by atomic mass is 79.9. The lowest BCUT2D eigenvalue weighted by atomic mass is 10.5. The number of hydrogen-bond donors (Lipinski definition) is 2. The van der Waals surface area contributed by atoms with Gasteiger partial charge in [0.2, 0.25) is 0 Å². The Kier molecular flexibility index (Phi) is 4.34. The highest BCUT2D eigenvalue weighted by Gasteiger charge is 1.92. The Labute approximate surface area is 94.4 Å². The summed E-state index contributed by atoms with van der Waals surface area (Å²) >= 11 is 9.81. The Bertz CT molecular complexity index is 321. The largest absolute Gasteiger partial charge is 0.364 e. The van der Waals surface area contributed by atoms with Gasteiger partial charge in [0.1, 0.15) is 0 Å². The molecule has 0 bridgehead atoms. The summed E-state index contributed by atoms with van der Waals surface area (Å²) in [5.41, 5.74) is 2.67. The lowest BCUT2D eigenvalue weighted by Crippen LogP contribution is -2.28. The Morgan fingerprint density at radius 1 is 1.69 bits per heavy atom. The van der Waals surface area contributed by atoms with Crippen molar-refractivity contribution >= 4 is 50.8 Å². The summed E-state index contributed by atoms with van der Waals surface area (Å²) in [6.07, 6.45) is 1.72. The van der Waals surface area contributed by atoms with Gasteiger partial charge in [0.15, 0.2) is 5.11 Å². The first-order chi connectivity index (χ1) is 6.22. The van der Waals surface area contributed by atoms with E-state index in [-0.39, 0.29) is 0 Å². The number of halogens is 1. The zero-order chi connectivity index (χ0) is 9.68. The molecule has 0 aliphatic heterocycles. The van der Waals surface area contributed by atoms with Gasteiger partial charge in [0.05, 0.1) is 10.0 Å². The van der Waals surface area contributed by atoms with Gasteiger partial charge in [0.25, 0.3) is 0 Å². The van der Waals surface area contributed by atoms with Crippen LogP contribution in [0.3, 0.4) is 0 Å². The normalized spacial score (nSPS) is 10.3. The minimum Gasteiger partial charge on any atom is -0.364 e. The van der Waals surface area contributed by atoms with Gasteiger partial charge in [-0.25, -0.2) is 0 Å². The molecule has 0 saturated carbocycles. The van der Waals surface area contributed by atoms with Crippen molar-refractivity contribution in [3.63, 3.8) is 0 Å². The molecule has 0 fully saturated rings. The minimum atomic E-state index is 0.506. The molecule has 1 aromatic rings. The molecule has 0 aromatic carbocycles.